The number of carbonyl (C=O) groups is 2. The Balaban J connectivity index is 1.64. The molecular formula is C20H30N2O4. The van der Waals surface area contributed by atoms with Gasteiger partial charge in [0.15, 0.2) is 0 Å². The Bertz CT molecular complexity index is 610. The molecule has 1 fully saturated rings. The van der Waals surface area contributed by atoms with Gasteiger partial charge in [0, 0.05) is 26.1 Å². The highest BCUT2D eigenvalue weighted by Gasteiger charge is 2.22. The molecule has 1 N–H and O–H groups in total. The number of hydrogen-bond acceptors (Lipinski definition) is 5. The fourth-order valence-electron chi connectivity index (χ4n) is 2.99. The zero-order valence-corrected chi connectivity index (χ0v) is 16.0. The first-order chi connectivity index (χ1) is 12.5. The van der Waals surface area contributed by atoms with E-state index >= 15 is 0 Å². The Kier molecular flexibility index (Phi) is 7.91. The van der Waals surface area contributed by atoms with Crippen LogP contribution in [-0.4, -0.2) is 56.2 Å². The average Bonchev–Trinajstić information content (AvgIpc) is 2.63. The van der Waals surface area contributed by atoms with E-state index in [-0.39, 0.29) is 18.0 Å². The van der Waals surface area contributed by atoms with Gasteiger partial charge >= 0.3 is 5.97 Å². The van der Waals surface area contributed by atoms with E-state index < -0.39 is 0 Å². The van der Waals surface area contributed by atoms with E-state index in [1.165, 1.54) is 18.2 Å². The fraction of sp³-hybridized carbons (Fsp3) is 0.600. The van der Waals surface area contributed by atoms with Crippen molar-refractivity contribution in [2.75, 3.05) is 33.3 Å². The summed E-state index contributed by atoms with van der Waals surface area (Å²) in [5, 5.41) is 2.85. The van der Waals surface area contributed by atoms with Crippen LogP contribution in [0.2, 0.25) is 0 Å². The summed E-state index contributed by atoms with van der Waals surface area (Å²) in [6, 6.07) is 6.20. The van der Waals surface area contributed by atoms with Gasteiger partial charge in [0.05, 0.1) is 13.7 Å². The molecule has 1 aliphatic heterocycles. The maximum atomic E-state index is 12.0. The van der Waals surface area contributed by atoms with Crippen LogP contribution in [0.1, 0.15) is 36.8 Å². The number of esters is 1. The van der Waals surface area contributed by atoms with Crippen LogP contribution in [0, 0.1) is 13.8 Å². The van der Waals surface area contributed by atoms with E-state index in [1.54, 1.807) is 0 Å². The second-order valence-corrected chi connectivity index (χ2v) is 6.87. The van der Waals surface area contributed by atoms with Gasteiger partial charge in [0.1, 0.15) is 11.9 Å². The Labute approximate surface area is 155 Å². The normalized spacial score (nSPS) is 15.5. The minimum absolute atomic E-state index is 0.00314. The molecule has 144 valence electrons. The van der Waals surface area contributed by atoms with E-state index in [2.05, 4.69) is 40.9 Å². The summed E-state index contributed by atoms with van der Waals surface area (Å²) in [7, 11) is 1.37. The summed E-state index contributed by atoms with van der Waals surface area (Å²) >= 11 is 0. The highest BCUT2D eigenvalue weighted by Crippen LogP contribution is 2.21. The van der Waals surface area contributed by atoms with Crippen molar-refractivity contribution in [3.05, 3.63) is 29.3 Å². The molecule has 0 radical (unpaired) electrons. The van der Waals surface area contributed by atoms with Crippen molar-refractivity contribution in [3.8, 4) is 5.75 Å². The van der Waals surface area contributed by atoms with Gasteiger partial charge < -0.3 is 14.8 Å². The first kappa shape index (κ1) is 20.2. The zero-order valence-electron chi connectivity index (χ0n) is 16.0. The van der Waals surface area contributed by atoms with E-state index in [9.17, 15) is 9.59 Å². The van der Waals surface area contributed by atoms with Gasteiger partial charge in [-0.25, -0.2) is 0 Å². The molecule has 0 unspecified atom stereocenters. The van der Waals surface area contributed by atoms with Crippen molar-refractivity contribution in [2.24, 2.45) is 0 Å². The van der Waals surface area contributed by atoms with Crippen LogP contribution in [0.25, 0.3) is 0 Å². The van der Waals surface area contributed by atoms with Crippen LogP contribution >= 0.6 is 0 Å². The number of ether oxygens (including phenoxy) is 2. The van der Waals surface area contributed by atoms with Crippen molar-refractivity contribution in [3.63, 3.8) is 0 Å². The molecule has 0 aliphatic carbocycles. The molecule has 1 aromatic rings. The number of likely N-dealkylation sites (tertiary alicyclic amines) is 1. The Morgan fingerprint density at radius 2 is 1.92 bits per heavy atom. The summed E-state index contributed by atoms with van der Waals surface area (Å²) in [5.41, 5.74) is 2.51. The molecule has 0 atom stereocenters. The molecule has 0 bridgehead atoms. The van der Waals surface area contributed by atoms with Crippen molar-refractivity contribution < 1.29 is 19.1 Å². The summed E-state index contributed by atoms with van der Waals surface area (Å²) in [4.78, 5) is 25.1. The predicted octanol–water partition coefficient (Wildman–Crippen LogP) is 2.22. The molecule has 0 saturated carbocycles. The van der Waals surface area contributed by atoms with Crippen molar-refractivity contribution >= 4 is 11.9 Å². The quantitative estimate of drug-likeness (QED) is 0.567. The third-order valence-corrected chi connectivity index (χ3v) is 4.79. The lowest BCUT2D eigenvalue weighted by Gasteiger charge is -2.31. The van der Waals surface area contributed by atoms with Crippen LogP contribution in [0.15, 0.2) is 18.2 Å². The number of nitrogens with one attached hydrogen (secondary N) is 1. The number of methoxy groups -OCH3 is 1. The van der Waals surface area contributed by atoms with Crippen molar-refractivity contribution in [2.45, 2.75) is 45.6 Å². The fourth-order valence-corrected chi connectivity index (χ4v) is 2.99. The lowest BCUT2D eigenvalue weighted by atomic mass is 10.1. The predicted molar refractivity (Wildman–Crippen MR) is 100 cm³/mol. The second-order valence-electron chi connectivity index (χ2n) is 6.87. The number of nitrogens with zero attached hydrogens (tertiary/aromatic N) is 1. The Hall–Kier alpha value is -2.08. The minimum atomic E-state index is -0.245. The van der Waals surface area contributed by atoms with Crippen LogP contribution in [0.5, 0.6) is 5.75 Å². The molecule has 1 aromatic carbocycles. The first-order valence-electron chi connectivity index (χ1n) is 9.27. The van der Waals surface area contributed by atoms with Gasteiger partial charge in [-0.3, -0.25) is 14.5 Å². The molecule has 26 heavy (non-hydrogen) atoms. The van der Waals surface area contributed by atoms with Crippen LogP contribution in [0.3, 0.4) is 0 Å². The maximum Gasteiger partial charge on any atom is 0.305 e. The molecule has 1 aliphatic rings. The molecule has 1 heterocycles. The zero-order chi connectivity index (χ0) is 18.9. The molecule has 1 amide bonds. The summed E-state index contributed by atoms with van der Waals surface area (Å²) in [6.45, 7) is 6.79. The van der Waals surface area contributed by atoms with E-state index in [0.717, 1.165) is 31.7 Å². The molecular weight excluding hydrogens is 332 g/mol. The summed E-state index contributed by atoms with van der Waals surface area (Å²) in [6.07, 6.45) is 2.98. The number of amides is 1. The third-order valence-electron chi connectivity index (χ3n) is 4.79. The maximum absolute atomic E-state index is 12.0. The molecule has 2 rings (SSSR count). The van der Waals surface area contributed by atoms with Gasteiger partial charge in [-0.05, 0) is 56.4 Å². The van der Waals surface area contributed by atoms with Crippen LogP contribution < -0.4 is 10.1 Å². The molecule has 0 spiro atoms. The summed E-state index contributed by atoms with van der Waals surface area (Å²) in [5.74, 6) is 0.684. The number of rotatable bonds is 8. The standard InChI is InChI=1S/C20H30N2O4/c1-15-6-7-18(13-16(15)2)26-17-8-11-22(12-9-17)14-19(23)21-10-4-5-20(24)25-3/h6-7,13,17H,4-5,8-12,14H2,1-3H3,(H,21,23). The number of aryl methyl sites for hydroxylation is 2. The second kappa shape index (κ2) is 10.2. The number of piperidine rings is 1. The molecule has 1 saturated heterocycles. The Morgan fingerprint density at radius 3 is 2.58 bits per heavy atom. The first-order valence-corrected chi connectivity index (χ1v) is 9.27. The van der Waals surface area contributed by atoms with Crippen LogP contribution in [-0.2, 0) is 14.3 Å². The highest BCUT2D eigenvalue weighted by atomic mass is 16.5. The average molecular weight is 362 g/mol. The van der Waals surface area contributed by atoms with E-state index in [4.69, 9.17) is 4.74 Å². The lowest BCUT2D eigenvalue weighted by Crippen LogP contribution is -2.44. The third kappa shape index (κ3) is 6.67. The highest BCUT2D eigenvalue weighted by molar-refractivity contribution is 5.78. The summed E-state index contributed by atoms with van der Waals surface area (Å²) < 4.78 is 10.7. The van der Waals surface area contributed by atoms with Gasteiger partial charge in [-0.2, -0.15) is 0 Å². The lowest BCUT2D eigenvalue weighted by molar-refractivity contribution is -0.140. The molecule has 6 nitrogen and oxygen atoms in total. The minimum Gasteiger partial charge on any atom is -0.490 e. The molecule has 6 heteroatoms. The van der Waals surface area contributed by atoms with Gasteiger partial charge in [-0.15, -0.1) is 0 Å². The van der Waals surface area contributed by atoms with Gasteiger partial charge in [0.25, 0.3) is 0 Å². The monoisotopic (exact) mass is 362 g/mol. The topological polar surface area (TPSA) is 67.9 Å². The number of carbonyl (C=O) groups excluding carboxylic acids is 2. The smallest absolute Gasteiger partial charge is 0.305 e. The van der Waals surface area contributed by atoms with Gasteiger partial charge in [-0.1, -0.05) is 6.07 Å². The van der Waals surface area contributed by atoms with Crippen LogP contribution in [0.4, 0.5) is 0 Å². The number of benzene rings is 1. The van der Waals surface area contributed by atoms with Crippen molar-refractivity contribution in [1.29, 1.82) is 0 Å². The SMILES string of the molecule is COC(=O)CCCNC(=O)CN1CCC(Oc2ccc(C)c(C)c2)CC1. The van der Waals surface area contributed by atoms with Crippen molar-refractivity contribution in [1.82, 2.24) is 10.2 Å². The number of hydrogen-bond donors (Lipinski definition) is 1. The van der Waals surface area contributed by atoms with E-state index in [0.29, 0.717) is 25.9 Å². The van der Waals surface area contributed by atoms with E-state index in [1.807, 2.05) is 6.07 Å². The Morgan fingerprint density at radius 1 is 1.19 bits per heavy atom. The largest absolute Gasteiger partial charge is 0.490 e. The molecule has 0 aromatic heterocycles. The van der Waals surface area contributed by atoms with Gasteiger partial charge in [0.2, 0.25) is 5.91 Å².